The fraction of sp³-hybridized carbons (Fsp3) is 0.136. The van der Waals surface area contributed by atoms with Gasteiger partial charge in [-0.15, -0.1) is 11.8 Å². The summed E-state index contributed by atoms with van der Waals surface area (Å²) in [5.74, 6) is -0.288. The lowest BCUT2D eigenvalue weighted by Crippen LogP contribution is -2.28. The van der Waals surface area contributed by atoms with Crippen LogP contribution in [-0.4, -0.2) is 22.6 Å². The van der Waals surface area contributed by atoms with Gasteiger partial charge in [-0.2, -0.15) is 0 Å². The molecule has 8 heteroatoms. The largest absolute Gasteiger partial charge is 0.421 e. The van der Waals surface area contributed by atoms with E-state index in [1.54, 1.807) is 41.3 Å². The molecule has 1 atom stereocenters. The standard InChI is InChI=1S/C22H16ClFN2O3S/c1-13-10-15(22(28)29-17-7-9-19(23)25-11-17)4-8-18(13)26-20(27)12-30-21(26)14-2-5-16(24)6-3-14/h2-11,21H,12H2,1H3. The highest BCUT2D eigenvalue weighted by Gasteiger charge is 2.35. The summed E-state index contributed by atoms with van der Waals surface area (Å²) >= 11 is 7.22. The van der Waals surface area contributed by atoms with Crippen LogP contribution in [0.25, 0.3) is 0 Å². The van der Waals surface area contributed by atoms with Gasteiger partial charge in [0.2, 0.25) is 5.91 Å². The summed E-state index contributed by atoms with van der Waals surface area (Å²) in [5.41, 5.74) is 2.64. The van der Waals surface area contributed by atoms with Crippen molar-refractivity contribution in [2.45, 2.75) is 12.3 Å². The van der Waals surface area contributed by atoms with Gasteiger partial charge in [-0.05, 0) is 60.5 Å². The van der Waals surface area contributed by atoms with Crippen LogP contribution in [0.15, 0.2) is 60.8 Å². The monoisotopic (exact) mass is 442 g/mol. The fourth-order valence-electron chi connectivity index (χ4n) is 3.20. The quantitative estimate of drug-likeness (QED) is 0.411. The Morgan fingerprint density at radius 2 is 1.97 bits per heavy atom. The molecule has 1 aliphatic rings. The van der Waals surface area contributed by atoms with Gasteiger partial charge in [-0.3, -0.25) is 9.69 Å². The normalized spacial score (nSPS) is 16.0. The summed E-state index contributed by atoms with van der Waals surface area (Å²) in [7, 11) is 0. The van der Waals surface area contributed by atoms with Crippen LogP contribution in [0.1, 0.15) is 26.9 Å². The molecule has 0 aliphatic carbocycles. The third-order valence-electron chi connectivity index (χ3n) is 4.63. The van der Waals surface area contributed by atoms with Crippen molar-refractivity contribution in [3.05, 3.63) is 88.5 Å². The lowest BCUT2D eigenvalue weighted by Gasteiger charge is -2.26. The first kappa shape index (κ1) is 20.4. The number of amides is 1. The van der Waals surface area contributed by atoms with Gasteiger partial charge in [0, 0.05) is 5.69 Å². The van der Waals surface area contributed by atoms with Gasteiger partial charge in [-0.25, -0.2) is 14.2 Å². The molecule has 0 N–H and O–H groups in total. The van der Waals surface area contributed by atoms with E-state index in [0.717, 1.165) is 11.1 Å². The molecule has 5 nitrogen and oxygen atoms in total. The first-order valence-corrected chi connectivity index (χ1v) is 10.5. The molecule has 1 fully saturated rings. The number of anilines is 1. The van der Waals surface area contributed by atoms with E-state index >= 15 is 0 Å². The van der Waals surface area contributed by atoms with E-state index < -0.39 is 5.97 Å². The predicted octanol–water partition coefficient (Wildman–Crippen LogP) is 5.18. The molecular weight excluding hydrogens is 427 g/mol. The summed E-state index contributed by atoms with van der Waals surface area (Å²) in [6.07, 6.45) is 1.37. The second-order valence-electron chi connectivity index (χ2n) is 6.69. The van der Waals surface area contributed by atoms with Crippen molar-refractivity contribution in [2.75, 3.05) is 10.7 Å². The predicted molar refractivity (Wildman–Crippen MR) is 114 cm³/mol. The van der Waals surface area contributed by atoms with E-state index in [2.05, 4.69) is 4.98 Å². The highest BCUT2D eigenvalue weighted by Crippen LogP contribution is 2.42. The molecule has 2 aromatic carbocycles. The molecule has 0 saturated carbocycles. The number of aryl methyl sites for hydroxylation is 1. The van der Waals surface area contributed by atoms with E-state index in [1.165, 1.54) is 36.2 Å². The van der Waals surface area contributed by atoms with E-state index in [-0.39, 0.29) is 22.8 Å². The lowest BCUT2D eigenvalue weighted by molar-refractivity contribution is -0.115. The van der Waals surface area contributed by atoms with E-state index in [0.29, 0.717) is 22.2 Å². The number of esters is 1. The smallest absolute Gasteiger partial charge is 0.343 e. The first-order chi connectivity index (χ1) is 14.4. The summed E-state index contributed by atoms with van der Waals surface area (Å²) in [6.45, 7) is 1.83. The van der Waals surface area contributed by atoms with Crippen molar-refractivity contribution >= 4 is 40.9 Å². The average molecular weight is 443 g/mol. The van der Waals surface area contributed by atoms with Gasteiger partial charge in [0.25, 0.3) is 0 Å². The van der Waals surface area contributed by atoms with Crippen molar-refractivity contribution in [1.29, 1.82) is 0 Å². The van der Waals surface area contributed by atoms with Crippen LogP contribution < -0.4 is 9.64 Å². The van der Waals surface area contributed by atoms with Gasteiger partial charge in [0.05, 0.1) is 17.5 Å². The Morgan fingerprint density at radius 1 is 1.20 bits per heavy atom. The van der Waals surface area contributed by atoms with Gasteiger partial charge in [0.1, 0.15) is 22.1 Å². The Labute approximate surface area is 181 Å². The van der Waals surface area contributed by atoms with E-state index in [4.69, 9.17) is 16.3 Å². The van der Waals surface area contributed by atoms with Crippen LogP contribution >= 0.6 is 23.4 Å². The van der Waals surface area contributed by atoms with Crippen LogP contribution in [0.5, 0.6) is 5.75 Å². The van der Waals surface area contributed by atoms with Crippen molar-refractivity contribution in [1.82, 2.24) is 4.98 Å². The fourth-order valence-corrected chi connectivity index (χ4v) is 4.48. The third kappa shape index (κ3) is 4.17. The van der Waals surface area contributed by atoms with Crippen LogP contribution in [0.3, 0.4) is 0 Å². The van der Waals surface area contributed by atoms with Gasteiger partial charge in [-0.1, -0.05) is 23.7 Å². The number of pyridine rings is 1. The molecule has 30 heavy (non-hydrogen) atoms. The van der Waals surface area contributed by atoms with E-state index in [9.17, 15) is 14.0 Å². The molecule has 1 aromatic heterocycles. The highest BCUT2D eigenvalue weighted by atomic mass is 35.5. The Hall–Kier alpha value is -2.90. The van der Waals surface area contributed by atoms with Crippen LogP contribution in [0, 0.1) is 12.7 Å². The zero-order valence-electron chi connectivity index (χ0n) is 15.8. The zero-order valence-corrected chi connectivity index (χ0v) is 17.4. The van der Waals surface area contributed by atoms with Crippen molar-refractivity contribution in [2.24, 2.45) is 0 Å². The Bertz CT molecular complexity index is 1110. The van der Waals surface area contributed by atoms with Gasteiger partial charge < -0.3 is 4.74 Å². The highest BCUT2D eigenvalue weighted by molar-refractivity contribution is 8.00. The molecule has 0 bridgehead atoms. The molecule has 0 radical (unpaired) electrons. The van der Waals surface area contributed by atoms with E-state index in [1.807, 2.05) is 6.92 Å². The number of halogens is 2. The minimum absolute atomic E-state index is 0.0417. The van der Waals surface area contributed by atoms with Crippen molar-refractivity contribution < 1.29 is 18.7 Å². The number of ether oxygens (including phenoxy) is 1. The maximum absolute atomic E-state index is 13.3. The summed E-state index contributed by atoms with van der Waals surface area (Å²) < 4.78 is 18.6. The number of aromatic nitrogens is 1. The van der Waals surface area contributed by atoms with Crippen LogP contribution in [0.4, 0.5) is 10.1 Å². The number of hydrogen-bond acceptors (Lipinski definition) is 5. The minimum atomic E-state index is -0.536. The summed E-state index contributed by atoms with van der Waals surface area (Å²) in [6, 6.07) is 14.2. The number of benzene rings is 2. The van der Waals surface area contributed by atoms with Crippen LogP contribution in [0.2, 0.25) is 5.15 Å². The maximum Gasteiger partial charge on any atom is 0.343 e. The third-order valence-corrected chi connectivity index (χ3v) is 6.06. The molecule has 2 heterocycles. The van der Waals surface area contributed by atoms with Crippen molar-refractivity contribution in [3.8, 4) is 5.75 Å². The SMILES string of the molecule is Cc1cc(C(=O)Oc2ccc(Cl)nc2)ccc1N1C(=O)CSC1c1ccc(F)cc1. The Kier molecular flexibility index (Phi) is 5.74. The molecule has 1 saturated heterocycles. The molecule has 4 rings (SSSR count). The first-order valence-electron chi connectivity index (χ1n) is 9.06. The maximum atomic E-state index is 13.3. The van der Waals surface area contributed by atoms with Crippen LogP contribution in [-0.2, 0) is 4.79 Å². The number of hydrogen-bond donors (Lipinski definition) is 0. The lowest BCUT2D eigenvalue weighted by atomic mass is 10.1. The number of carbonyl (C=O) groups is 2. The molecule has 1 aliphatic heterocycles. The second-order valence-corrected chi connectivity index (χ2v) is 8.14. The molecular formula is C22H16ClFN2O3S. The topological polar surface area (TPSA) is 59.5 Å². The number of nitrogens with zero attached hydrogens (tertiary/aromatic N) is 2. The Balaban J connectivity index is 1.58. The minimum Gasteiger partial charge on any atom is -0.421 e. The average Bonchev–Trinajstić information content (AvgIpc) is 3.11. The zero-order chi connectivity index (χ0) is 21.3. The summed E-state index contributed by atoms with van der Waals surface area (Å²) in [5, 5.41) is 0.0496. The molecule has 0 spiro atoms. The molecule has 3 aromatic rings. The second kappa shape index (κ2) is 8.45. The Morgan fingerprint density at radius 3 is 2.63 bits per heavy atom. The van der Waals surface area contributed by atoms with Crippen molar-refractivity contribution in [3.63, 3.8) is 0 Å². The van der Waals surface area contributed by atoms with Gasteiger partial charge >= 0.3 is 5.97 Å². The number of thioether (sulfide) groups is 1. The number of carbonyl (C=O) groups excluding carboxylic acids is 2. The molecule has 1 amide bonds. The number of rotatable bonds is 4. The molecule has 152 valence electrons. The van der Waals surface area contributed by atoms with Gasteiger partial charge in [0.15, 0.2) is 0 Å². The molecule has 1 unspecified atom stereocenters. The summed E-state index contributed by atoms with van der Waals surface area (Å²) in [4.78, 5) is 30.6.